The molecule has 10 heteroatoms. The molecule has 0 radical (unpaired) electrons. The maximum atomic E-state index is 12.2. The molecule has 8 nitrogen and oxygen atoms in total. The van der Waals surface area contributed by atoms with Crippen LogP contribution in [0.3, 0.4) is 0 Å². The quantitative estimate of drug-likeness (QED) is 0.429. The normalized spacial score (nSPS) is 12.4. The van der Waals surface area contributed by atoms with Crippen LogP contribution in [0.1, 0.15) is 6.92 Å². The molecule has 2 aromatic rings. The zero-order valence-electron chi connectivity index (χ0n) is 12.8. The van der Waals surface area contributed by atoms with Gasteiger partial charge in [-0.05, 0) is 43.3 Å². The van der Waals surface area contributed by atoms with E-state index in [0.29, 0.717) is 0 Å². The summed E-state index contributed by atoms with van der Waals surface area (Å²) in [6, 6.07) is 11.4. The van der Waals surface area contributed by atoms with Crippen LogP contribution >= 0.6 is 0 Å². The van der Waals surface area contributed by atoms with Crippen molar-refractivity contribution in [2.45, 2.75) is 22.9 Å². The minimum atomic E-state index is -3.93. The van der Waals surface area contributed by atoms with Crippen LogP contribution in [-0.4, -0.2) is 23.0 Å². The van der Waals surface area contributed by atoms with Crippen LogP contribution < -0.4 is 20.9 Å². The van der Waals surface area contributed by atoms with Crippen LogP contribution in [0.15, 0.2) is 58.3 Å². The summed E-state index contributed by atoms with van der Waals surface area (Å²) in [7, 11) is -7.85. The van der Waals surface area contributed by atoms with Gasteiger partial charge in [0.1, 0.15) is 0 Å². The molecule has 0 atom stereocenters. The molecule has 2 aromatic carbocycles. The predicted octanol–water partition coefficient (Wildman–Crippen LogP) is 0.454. The summed E-state index contributed by atoms with van der Waals surface area (Å²) in [5, 5.41) is 0. The number of nitrogen functional groups attached to an aromatic ring is 2. The lowest BCUT2D eigenvalue weighted by Gasteiger charge is -2.16. The van der Waals surface area contributed by atoms with Gasteiger partial charge in [0.15, 0.2) is 0 Å². The fraction of sp³-hybridized carbons (Fsp3) is 0.143. The molecule has 0 saturated carbocycles. The third-order valence-electron chi connectivity index (χ3n) is 3.00. The van der Waals surface area contributed by atoms with Crippen molar-refractivity contribution in [2.24, 2.45) is 0 Å². The van der Waals surface area contributed by atoms with Gasteiger partial charge in [-0.2, -0.15) is 9.44 Å². The molecule has 0 unspecified atom stereocenters. The van der Waals surface area contributed by atoms with Gasteiger partial charge in [0.25, 0.3) is 0 Å². The third-order valence-corrected chi connectivity index (χ3v) is 6.08. The van der Waals surface area contributed by atoms with E-state index in [0.717, 1.165) is 0 Å². The van der Waals surface area contributed by atoms with Gasteiger partial charge in [-0.25, -0.2) is 16.8 Å². The van der Waals surface area contributed by atoms with Crippen molar-refractivity contribution in [1.82, 2.24) is 9.44 Å². The number of anilines is 2. The van der Waals surface area contributed by atoms with Gasteiger partial charge >= 0.3 is 0 Å². The minimum absolute atomic E-state index is 0.0579. The smallest absolute Gasteiger partial charge is 0.241 e. The average molecular weight is 370 g/mol. The maximum Gasteiger partial charge on any atom is 0.241 e. The Kier molecular flexibility index (Phi) is 5.13. The Balaban J connectivity index is 2.17. The number of rotatable bonds is 6. The first-order valence-electron chi connectivity index (χ1n) is 6.86. The molecule has 0 aliphatic carbocycles. The van der Waals surface area contributed by atoms with Crippen LogP contribution in [-0.2, 0) is 20.0 Å². The predicted molar refractivity (Wildman–Crippen MR) is 91.8 cm³/mol. The Labute approximate surface area is 141 Å². The zero-order chi connectivity index (χ0) is 18.0. The first-order chi connectivity index (χ1) is 11.1. The molecule has 24 heavy (non-hydrogen) atoms. The molecule has 0 fully saturated rings. The van der Waals surface area contributed by atoms with Crippen molar-refractivity contribution in [3.63, 3.8) is 0 Å². The van der Waals surface area contributed by atoms with E-state index in [2.05, 4.69) is 9.44 Å². The first kappa shape index (κ1) is 18.2. The fourth-order valence-electron chi connectivity index (χ4n) is 1.99. The van der Waals surface area contributed by atoms with E-state index in [4.69, 9.17) is 11.5 Å². The van der Waals surface area contributed by atoms with Crippen molar-refractivity contribution in [1.29, 1.82) is 0 Å². The Morgan fingerprint density at radius 2 is 1.17 bits per heavy atom. The molecule has 0 aliphatic rings. The van der Waals surface area contributed by atoms with E-state index >= 15 is 0 Å². The van der Waals surface area contributed by atoms with Crippen LogP contribution in [0.5, 0.6) is 0 Å². The van der Waals surface area contributed by atoms with Gasteiger partial charge in [0.05, 0.1) is 16.0 Å². The topological polar surface area (TPSA) is 144 Å². The molecule has 2 rings (SSSR count). The van der Waals surface area contributed by atoms with Crippen LogP contribution in [0, 0.1) is 0 Å². The van der Waals surface area contributed by atoms with Gasteiger partial charge in [0, 0.05) is 11.4 Å². The maximum absolute atomic E-state index is 12.2. The third kappa shape index (κ3) is 4.45. The van der Waals surface area contributed by atoms with E-state index in [9.17, 15) is 16.8 Å². The largest absolute Gasteiger partial charge is 0.399 e. The van der Waals surface area contributed by atoms with Gasteiger partial charge in [0.2, 0.25) is 20.0 Å². The number of benzene rings is 2. The van der Waals surface area contributed by atoms with Crippen molar-refractivity contribution < 1.29 is 16.8 Å². The van der Waals surface area contributed by atoms with Crippen molar-refractivity contribution in [3.8, 4) is 0 Å². The summed E-state index contributed by atoms with van der Waals surface area (Å²) in [5.74, 6) is 0. The van der Waals surface area contributed by atoms with Crippen molar-refractivity contribution in [2.75, 3.05) is 11.5 Å². The van der Waals surface area contributed by atoms with E-state index in [1.165, 1.54) is 43.3 Å². The second-order valence-corrected chi connectivity index (χ2v) is 8.54. The molecule has 0 saturated heterocycles. The molecule has 6 N–H and O–H groups in total. The highest BCUT2D eigenvalue weighted by Crippen LogP contribution is 2.15. The summed E-state index contributed by atoms with van der Waals surface area (Å²) >= 11 is 0. The molecule has 0 spiro atoms. The van der Waals surface area contributed by atoms with E-state index in [-0.39, 0.29) is 21.2 Å². The Bertz CT molecular complexity index is 865. The highest BCUT2D eigenvalue weighted by atomic mass is 32.2. The Morgan fingerprint density at radius 1 is 0.792 bits per heavy atom. The van der Waals surface area contributed by atoms with Crippen LogP contribution in [0.2, 0.25) is 0 Å². The highest BCUT2D eigenvalue weighted by Gasteiger charge is 2.22. The van der Waals surface area contributed by atoms with Gasteiger partial charge in [-0.15, -0.1) is 0 Å². The second-order valence-electron chi connectivity index (χ2n) is 5.11. The standard InChI is InChI=1S/C14H18N4O4S2/c1-10(17-23(19,20)13-6-2-4-11(15)8-13)18-24(21,22)14-7-3-5-12(16)9-14/h2-10,17-18H,15-16H2,1H3. The molecule has 0 amide bonds. The Morgan fingerprint density at radius 3 is 1.50 bits per heavy atom. The number of nitrogens with one attached hydrogen (secondary N) is 2. The first-order valence-corrected chi connectivity index (χ1v) is 9.82. The second kappa shape index (κ2) is 6.77. The lowest BCUT2D eigenvalue weighted by atomic mass is 10.3. The Hall–Kier alpha value is -2.14. The average Bonchev–Trinajstić information content (AvgIpc) is 2.46. The van der Waals surface area contributed by atoms with Crippen molar-refractivity contribution in [3.05, 3.63) is 48.5 Å². The van der Waals surface area contributed by atoms with Gasteiger partial charge < -0.3 is 11.5 Å². The van der Waals surface area contributed by atoms with Gasteiger partial charge in [-0.1, -0.05) is 12.1 Å². The number of sulfonamides is 2. The summed E-state index contributed by atoms with van der Waals surface area (Å²) in [6.45, 7) is 1.37. The minimum Gasteiger partial charge on any atom is -0.399 e. The molecule has 0 bridgehead atoms. The summed E-state index contributed by atoms with van der Waals surface area (Å²) in [6.07, 6.45) is -1.08. The molecule has 0 aliphatic heterocycles. The molecule has 0 aromatic heterocycles. The highest BCUT2D eigenvalue weighted by molar-refractivity contribution is 7.90. The van der Waals surface area contributed by atoms with Crippen LogP contribution in [0.4, 0.5) is 11.4 Å². The number of hydrogen-bond acceptors (Lipinski definition) is 6. The lowest BCUT2D eigenvalue weighted by molar-refractivity contribution is 0.534. The monoisotopic (exact) mass is 370 g/mol. The van der Waals surface area contributed by atoms with E-state index in [1.54, 1.807) is 12.1 Å². The SMILES string of the molecule is CC(NS(=O)(=O)c1cccc(N)c1)NS(=O)(=O)c1cccc(N)c1. The molecular weight excluding hydrogens is 352 g/mol. The zero-order valence-corrected chi connectivity index (χ0v) is 14.4. The molecule has 0 heterocycles. The van der Waals surface area contributed by atoms with E-state index < -0.39 is 26.2 Å². The van der Waals surface area contributed by atoms with Crippen molar-refractivity contribution >= 4 is 31.4 Å². The van der Waals surface area contributed by atoms with Crippen LogP contribution in [0.25, 0.3) is 0 Å². The molecule has 130 valence electrons. The fourth-order valence-corrected chi connectivity index (χ4v) is 4.48. The van der Waals surface area contributed by atoms with Gasteiger partial charge in [-0.3, -0.25) is 0 Å². The summed E-state index contributed by atoms with van der Waals surface area (Å²) in [5.41, 5.74) is 11.7. The molecular formula is C14H18N4O4S2. The van der Waals surface area contributed by atoms with E-state index in [1.807, 2.05) is 0 Å². The summed E-state index contributed by atoms with van der Waals surface area (Å²) in [4.78, 5) is -0.116. The lowest BCUT2D eigenvalue weighted by Crippen LogP contribution is -2.45. The number of nitrogens with two attached hydrogens (primary N) is 2. The summed E-state index contributed by atoms with van der Waals surface area (Å²) < 4.78 is 53.5. The number of hydrogen-bond donors (Lipinski definition) is 4.